The van der Waals surface area contributed by atoms with E-state index in [0.717, 1.165) is 11.4 Å². The molecule has 4 rings (SSSR count). The third-order valence-corrected chi connectivity index (χ3v) is 5.76. The average molecular weight is 391 g/mol. The van der Waals surface area contributed by atoms with Gasteiger partial charge in [-0.25, -0.2) is 0 Å². The molecule has 2 aliphatic heterocycles. The Balaban J connectivity index is 1.30. The SMILES string of the molecule is O=C(Nc1ccccc1)C1CCN(C(=O)C2CC(=O)N(c3ccccc3)C2)CC1. The van der Waals surface area contributed by atoms with Crippen molar-refractivity contribution in [1.82, 2.24) is 4.90 Å². The Hall–Kier alpha value is -3.15. The first-order valence-electron chi connectivity index (χ1n) is 10.1. The van der Waals surface area contributed by atoms with E-state index in [0.29, 0.717) is 32.5 Å². The molecule has 2 heterocycles. The minimum Gasteiger partial charge on any atom is -0.342 e. The van der Waals surface area contributed by atoms with Crippen molar-refractivity contribution in [1.29, 1.82) is 0 Å². The minimum absolute atomic E-state index is 0.00771. The number of amides is 3. The van der Waals surface area contributed by atoms with E-state index in [1.165, 1.54) is 0 Å². The summed E-state index contributed by atoms with van der Waals surface area (Å²) in [6, 6.07) is 18.9. The molecule has 0 aliphatic carbocycles. The van der Waals surface area contributed by atoms with Crippen LogP contribution < -0.4 is 10.2 Å². The number of carbonyl (C=O) groups is 3. The summed E-state index contributed by atoms with van der Waals surface area (Å²) in [5.74, 6) is -0.373. The molecule has 0 radical (unpaired) electrons. The third kappa shape index (κ3) is 4.31. The molecule has 1 unspecified atom stereocenters. The molecule has 0 saturated carbocycles. The lowest BCUT2D eigenvalue weighted by molar-refractivity contribution is -0.138. The van der Waals surface area contributed by atoms with Crippen molar-refractivity contribution in [3.8, 4) is 0 Å². The molecular formula is C23H25N3O3. The van der Waals surface area contributed by atoms with Gasteiger partial charge in [-0.2, -0.15) is 0 Å². The van der Waals surface area contributed by atoms with Crippen LogP contribution in [0, 0.1) is 11.8 Å². The predicted molar refractivity (Wildman–Crippen MR) is 111 cm³/mol. The number of nitrogens with zero attached hydrogens (tertiary/aromatic N) is 2. The van der Waals surface area contributed by atoms with Gasteiger partial charge < -0.3 is 15.1 Å². The fourth-order valence-electron chi connectivity index (χ4n) is 4.12. The fraction of sp³-hybridized carbons (Fsp3) is 0.348. The molecular weight excluding hydrogens is 366 g/mol. The van der Waals surface area contributed by atoms with E-state index >= 15 is 0 Å². The van der Waals surface area contributed by atoms with Crippen LogP contribution in [0.3, 0.4) is 0 Å². The molecule has 2 aromatic rings. The summed E-state index contributed by atoms with van der Waals surface area (Å²) >= 11 is 0. The number of likely N-dealkylation sites (tertiary alicyclic amines) is 1. The van der Waals surface area contributed by atoms with Crippen LogP contribution in [0.25, 0.3) is 0 Å². The van der Waals surface area contributed by atoms with Gasteiger partial charge in [-0.15, -0.1) is 0 Å². The van der Waals surface area contributed by atoms with Gasteiger partial charge in [0.25, 0.3) is 0 Å². The Bertz CT molecular complexity index is 877. The maximum atomic E-state index is 12.9. The lowest BCUT2D eigenvalue weighted by Crippen LogP contribution is -2.44. The van der Waals surface area contributed by atoms with E-state index < -0.39 is 0 Å². The van der Waals surface area contributed by atoms with Crippen LogP contribution in [-0.4, -0.2) is 42.3 Å². The number of piperidine rings is 1. The molecule has 6 nitrogen and oxygen atoms in total. The van der Waals surface area contributed by atoms with E-state index in [1.807, 2.05) is 65.6 Å². The van der Waals surface area contributed by atoms with Crippen molar-refractivity contribution in [2.24, 2.45) is 11.8 Å². The minimum atomic E-state index is -0.308. The van der Waals surface area contributed by atoms with Crippen LogP contribution in [0.4, 0.5) is 11.4 Å². The zero-order valence-corrected chi connectivity index (χ0v) is 16.3. The number of nitrogens with one attached hydrogen (secondary N) is 1. The highest BCUT2D eigenvalue weighted by molar-refractivity contribution is 6.00. The van der Waals surface area contributed by atoms with Crippen LogP contribution in [0.5, 0.6) is 0 Å². The van der Waals surface area contributed by atoms with Crippen molar-refractivity contribution in [3.05, 3.63) is 60.7 Å². The van der Waals surface area contributed by atoms with Crippen molar-refractivity contribution in [3.63, 3.8) is 0 Å². The van der Waals surface area contributed by atoms with Gasteiger partial charge in [-0.1, -0.05) is 36.4 Å². The number of anilines is 2. The summed E-state index contributed by atoms with van der Waals surface area (Å²) in [4.78, 5) is 41.3. The molecule has 2 fully saturated rings. The quantitative estimate of drug-likeness (QED) is 0.871. The van der Waals surface area contributed by atoms with E-state index in [9.17, 15) is 14.4 Å². The van der Waals surface area contributed by atoms with Gasteiger partial charge in [-0.05, 0) is 37.1 Å². The average Bonchev–Trinajstić information content (AvgIpc) is 3.16. The second kappa shape index (κ2) is 8.47. The van der Waals surface area contributed by atoms with Crippen LogP contribution in [0.2, 0.25) is 0 Å². The third-order valence-electron chi connectivity index (χ3n) is 5.76. The molecule has 0 aromatic heterocycles. The number of hydrogen-bond donors (Lipinski definition) is 1. The normalized spacial score (nSPS) is 20.0. The highest BCUT2D eigenvalue weighted by Crippen LogP contribution is 2.28. The largest absolute Gasteiger partial charge is 0.342 e. The van der Waals surface area contributed by atoms with Gasteiger partial charge in [0.2, 0.25) is 17.7 Å². The monoisotopic (exact) mass is 391 g/mol. The van der Waals surface area contributed by atoms with Gasteiger partial charge >= 0.3 is 0 Å². The molecule has 29 heavy (non-hydrogen) atoms. The fourth-order valence-corrected chi connectivity index (χ4v) is 4.12. The molecule has 1 N–H and O–H groups in total. The number of para-hydroxylation sites is 2. The summed E-state index contributed by atoms with van der Waals surface area (Å²) in [5.41, 5.74) is 1.63. The van der Waals surface area contributed by atoms with Crippen molar-refractivity contribution in [2.45, 2.75) is 19.3 Å². The van der Waals surface area contributed by atoms with Crippen molar-refractivity contribution >= 4 is 29.1 Å². The second-order valence-electron chi connectivity index (χ2n) is 7.70. The van der Waals surface area contributed by atoms with Crippen LogP contribution in [0.1, 0.15) is 19.3 Å². The predicted octanol–water partition coefficient (Wildman–Crippen LogP) is 2.92. The second-order valence-corrected chi connectivity index (χ2v) is 7.70. The summed E-state index contributed by atoms with van der Waals surface area (Å²) in [6.07, 6.45) is 1.54. The first kappa shape index (κ1) is 19.2. The van der Waals surface area contributed by atoms with E-state index in [4.69, 9.17) is 0 Å². The molecule has 2 saturated heterocycles. The van der Waals surface area contributed by atoms with Crippen LogP contribution >= 0.6 is 0 Å². The summed E-state index contributed by atoms with van der Waals surface area (Å²) in [5, 5.41) is 2.95. The smallest absolute Gasteiger partial charge is 0.228 e. The molecule has 0 spiro atoms. The molecule has 1 atom stereocenters. The standard InChI is InChI=1S/C23H25N3O3/c27-21-15-18(16-26(21)20-9-5-2-6-10-20)23(29)25-13-11-17(12-14-25)22(28)24-19-7-3-1-4-8-19/h1-10,17-18H,11-16H2,(H,24,28). The lowest BCUT2D eigenvalue weighted by Gasteiger charge is -2.33. The van der Waals surface area contributed by atoms with Gasteiger partial charge in [0, 0.05) is 43.3 Å². The summed E-state index contributed by atoms with van der Waals surface area (Å²) in [7, 11) is 0. The summed E-state index contributed by atoms with van der Waals surface area (Å²) < 4.78 is 0. The Morgan fingerprint density at radius 3 is 2.14 bits per heavy atom. The number of benzene rings is 2. The van der Waals surface area contributed by atoms with Gasteiger partial charge in [-0.3, -0.25) is 14.4 Å². The topological polar surface area (TPSA) is 69.7 Å². The Morgan fingerprint density at radius 2 is 1.48 bits per heavy atom. The number of hydrogen-bond acceptors (Lipinski definition) is 3. The van der Waals surface area contributed by atoms with Crippen molar-refractivity contribution in [2.75, 3.05) is 29.9 Å². The highest BCUT2D eigenvalue weighted by Gasteiger charge is 2.38. The van der Waals surface area contributed by atoms with E-state index in [1.54, 1.807) is 4.90 Å². The van der Waals surface area contributed by atoms with E-state index in [2.05, 4.69) is 5.32 Å². The Labute approximate surface area is 170 Å². The molecule has 3 amide bonds. The molecule has 2 aliphatic rings. The molecule has 150 valence electrons. The van der Waals surface area contributed by atoms with Gasteiger partial charge in [0.15, 0.2) is 0 Å². The summed E-state index contributed by atoms with van der Waals surface area (Å²) in [6.45, 7) is 1.54. The first-order valence-corrected chi connectivity index (χ1v) is 10.1. The van der Waals surface area contributed by atoms with Crippen molar-refractivity contribution < 1.29 is 14.4 Å². The maximum Gasteiger partial charge on any atom is 0.228 e. The zero-order chi connectivity index (χ0) is 20.2. The van der Waals surface area contributed by atoms with Crippen LogP contribution in [0.15, 0.2) is 60.7 Å². The Morgan fingerprint density at radius 1 is 0.862 bits per heavy atom. The number of carbonyl (C=O) groups excluding carboxylic acids is 3. The Kier molecular flexibility index (Phi) is 5.60. The lowest BCUT2D eigenvalue weighted by atomic mass is 9.94. The molecule has 6 heteroatoms. The zero-order valence-electron chi connectivity index (χ0n) is 16.3. The van der Waals surface area contributed by atoms with Gasteiger partial charge in [0.05, 0.1) is 5.92 Å². The first-order chi connectivity index (χ1) is 14.1. The molecule has 0 bridgehead atoms. The molecule has 2 aromatic carbocycles. The van der Waals surface area contributed by atoms with Crippen LogP contribution in [-0.2, 0) is 14.4 Å². The highest BCUT2D eigenvalue weighted by atomic mass is 16.2. The van der Waals surface area contributed by atoms with E-state index in [-0.39, 0.29) is 36.0 Å². The maximum absolute atomic E-state index is 12.9. The van der Waals surface area contributed by atoms with Gasteiger partial charge in [0.1, 0.15) is 0 Å². The number of rotatable bonds is 4.